The van der Waals surface area contributed by atoms with Crippen LogP contribution in [0.2, 0.25) is 0 Å². The van der Waals surface area contributed by atoms with Crippen LogP contribution in [-0.2, 0) is 10.3 Å². The molecular weight excluding hydrogens is 209 g/mol. The van der Waals surface area contributed by atoms with Gasteiger partial charge >= 0.3 is 10.3 Å². The van der Waals surface area contributed by atoms with E-state index in [2.05, 4.69) is 5.14 Å². The molecule has 3 N–H and O–H groups in total. The van der Waals surface area contributed by atoms with Gasteiger partial charge in [-0.1, -0.05) is 0 Å². The molecule has 0 amide bonds. The molecule has 0 aliphatic rings. The van der Waals surface area contributed by atoms with Crippen LogP contribution >= 0.6 is 0 Å². The minimum absolute atomic E-state index is 0. The van der Waals surface area contributed by atoms with Gasteiger partial charge in [-0.15, -0.1) is 0 Å². The minimum atomic E-state index is -4.17. The van der Waals surface area contributed by atoms with Gasteiger partial charge in [0.15, 0.2) is 0 Å². The first kappa shape index (κ1) is 9.88. The largest absolute Gasteiger partial charge is 0.330 e. The molecule has 0 aromatic rings. The van der Waals surface area contributed by atoms with E-state index < -0.39 is 10.3 Å². The summed E-state index contributed by atoms with van der Waals surface area (Å²) in [7, 11) is -4.17. The zero-order valence-electron chi connectivity index (χ0n) is 2.83. The average Bonchev–Trinajstić information content (AvgIpc) is 0.722. The summed E-state index contributed by atoms with van der Waals surface area (Å²) in [5.41, 5.74) is 0. The first-order valence-corrected chi connectivity index (χ1v) is 2.25. The topological polar surface area (TPSA) is 80.4 Å². The molecule has 0 fully saturated rings. The van der Waals surface area contributed by atoms with Crippen molar-refractivity contribution in [3.8, 4) is 0 Å². The molecule has 4 nitrogen and oxygen atoms in total. The van der Waals surface area contributed by atoms with Crippen molar-refractivity contribution in [1.82, 2.24) is 0 Å². The van der Waals surface area contributed by atoms with Gasteiger partial charge in [-0.25, -0.2) is 5.14 Å². The van der Waals surface area contributed by atoms with Crippen LogP contribution in [0, 0.1) is 0 Å². The molecule has 0 aliphatic heterocycles. The van der Waals surface area contributed by atoms with E-state index >= 15 is 0 Å². The Kier molecular flexibility index (Phi) is 4.68. The first-order chi connectivity index (χ1) is 2.00. The predicted molar refractivity (Wildman–Crippen MR) is 21.5 cm³/mol. The van der Waals surface area contributed by atoms with Crippen molar-refractivity contribution in [3.05, 3.63) is 0 Å². The summed E-state index contributed by atoms with van der Waals surface area (Å²) < 4.78 is 25.2. The fourth-order valence-corrected chi connectivity index (χ4v) is 0. The predicted octanol–water partition coefficient (Wildman–Crippen LogP) is -1.63. The molecule has 0 aromatic heterocycles. The maximum absolute atomic E-state index is 8.97. The molecule has 6 heavy (non-hydrogen) atoms. The fraction of sp³-hybridized carbons (Fsp3) is 0. The summed E-state index contributed by atoms with van der Waals surface area (Å²) in [5, 5.41) is 3.88. The molecule has 0 saturated carbocycles. The molecule has 0 aliphatic carbocycles. The van der Waals surface area contributed by atoms with Gasteiger partial charge < -0.3 is 0 Å². The number of nitrogens with two attached hydrogens (primary N) is 1. The second-order valence-electron chi connectivity index (χ2n) is 0.515. The van der Waals surface area contributed by atoms with E-state index in [1.54, 1.807) is 0 Å². The average molecular weight is 212 g/mol. The smallest absolute Gasteiger partial charge is 0.274 e. The summed E-state index contributed by atoms with van der Waals surface area (Å²) in [4.78, 5) is 0. The normalized spacial score (nSPS) is 9.67. The Morgan fingerprint density at radius 2 is 1.50 bits per heavy atom. The maximum atomic E-state index is 8.97. The zero-order chi connectivity index (χ0) is 4.50. The molecule has 6 heteroatoms. The zero-order valence-corrected chi connectivity index (χ0v) is 6.94. The van der Waals surface area contributed by atoms with Gasteiger partial charge in [0, 0.05) is 25.8 Å². The van der Waals surface area contributed by atoms with Gasteiger partial charge in [0.2, 0.25) is 0 Å². The van der Waals surface area contributed by atoms with Crippen LogP contribution in [0.15, 0.2) is 0 Å². The molecule has 35 valence electrons. The van der Waals surface area contributed by atoms with Crippen LogP contribution in [0.5, 0.6) is 0 Å². The van der Waals surface area contributed by atoms with E-state index in [9.17, 15) is 0 Å². The summed E-state index contributed by atoms with van der Waals surface area (Å²) in [6.07, 6.45) is 0. The summed E-state index contributed by atoms with van der Waals surface area (Å²) in [6.45, 7) is 0. The van der Waals surface area contributed by atoms with Crippen LogP contribution in [0.25, 0.3) is 0 Å². The third kappa shape index (κ3) is 121. The standard InChI is InChI=1S/In.H3NO3S/c;1-5(2,3)4/h;(H3,1,2,3,4). The quantitative estimate of drug-likeness (QED) is 0.473. The Morgan fingerprint density at radius 3 is 1.50 bits per heavy atom. The van der Waals surface area contributed by atoms with Crippen molar-refractivity contribution >= 4 is 36.1 Å². The van der Waals surface area contributed by atoms with Crippen molar-refractivity contribution in [2.75, 3.05) is 0 Å². The number of hydrogen-bond donors (Lipinski definition) is 2. The second kappa shape index (κ2) is 2.84. The molecule has 0 bridgehead atoms. The fourth-order valence-electron chi connectivity index (χ4n) is 0. The molecule has 0 rings (SSSR count). The van der Waals surface area contributed by atoms with E-state index in [-0.39, 0.29) is 25.8 Å². The molecule has 0 atom stereocenters. The van der Waals surface area contributed by atoms with Gasteiger partial charge in [-0.05, 0) is 0 Å². The summed E-state index contributed by atoms with van der Waals surface area (Å²) in [5.74, 6) is 0. The van der Waals surface area contributed by atoms with E-state index in [1.165, 1.54) is 0 Å². The van der Waals surface area contributed by atoms with Crippen molar-refractivity contribution in [2.45, 2.75) is 0 Å². The SMILES string of the molecule is NS(=O)(=O)O.[In]. The Hall–Kier alpha value is 0.740. The van der Waals surface area contributed by atoms with E-state index in [0.29, 0.717) is 0 Å². The second-order valence-corrected chi connectivity index (χ2v) is 1.54. The minimum Gasteiger partial charge on any atom is -0.274 e. The molecule has 0 saturated heterocycles. The van der Waals surface area contributed by atoms with Gasteiger partial charge in [0.25, 0.3) is 0 Å². The van der Waals surface area contributed by atoms with Crippen LogP contribution < -0.4 is 5.14 Å². The first-order valence-electron chi connectivity index (χ1n) is 0.752. The Bertz CT molecular complexity index is 94.0. The maximum Gasteiger partial charge on any atom is 0.330 e. The molecule has 3 radical (unpaired) electrons. The van der Waals surface area contributed by atoms with Crippen LogP contribution in [0.1, 0.15) is 0 Å². The van der Waals surface area contributed by atoms with Gasteiger partial charge in [0.05, 0.1) is 0 Å². The molecular formula is H3InNO3S. The van der Waals surface area contributed by atoms with Crippen LogP contribution in [-0.4, -0.2) is 38.8 Å². The molecule has 0 heterocycles. The van der Waals surface area contributed by atoms with Crippen LogP contribution in [0.4, 0.5) is 0 Å². The monoisotopic (exact) mass is 212 g/mol. The third-order valence-electron chi connectivity index (χ3n) is 0. The number of rotatable bonds is 0. The summed E-state index contributed by atoms with van der Waals surface area (Å²) in [6, 6.07) is 0. The van der Waals surface area contributed by atoms with E-state index in [0.717, 1.165) is 0 Å². The molecule has 0 spiro atoms. The van der Waals surface area contributed by atoms with Crippen molar-refractivity contribution < 1.29 is 13.0 Å². The van der Waals surface area contributed by atoms with Crippen LogP contribution in [0.3, 0.4) is 0 Å². The third-order valence-corrected chi connectivity index (χ3v) is 0. The van der Waals surface area contributed by atoms with Gasteiger partial charge in [-0.2, -0.15) is 8.42 Å². The van der Waals surface area contributed by atoms with Gasteiger partial charge in [-0.3, -0.25) is 4.55 Å². The van der Waals surface area contributed by atoms with E-state index in [4.69, 9.17) is 13.0 Å². The van der Waals surface area contributed by atoms with Crippen molar-refractivity contribution in [2.24, 2.45) is 5.14 Å². The molecule has 0 aromatic carbocycles. The van der Waals surface area contributed by atoms with Crippen molar-refractivity contribution in [1.29, 1.82) is 0 Å². The molecule has 0 unspecified atom stereocenters. The Balaban J connectivity index is 0. The summed E-state index contributed by atoms with van der Waals surface area (Å²) >= 11 is 0. The Morgan fingerprint density at radius 1 is 1.50 bits per heavy atom. The Labute approximate surface area is 54.4 Å². The number of hydrogen-bond acceptors (Lipinski definition) is 2. The van der Waals surface area contributed by atoms with Gasteiger partial charge in [0.1, 0.15) is 0 Å². The van der Waals surface area contributed by atoms with E-state index in [1.807, 2.05) is 0 Å². The van der Waals surface area contributed by atoms with Crippen molar-refractivity contribution in [3.63, 3.8) is 0 Å².